The van der Waals surface area contributed by atoms with Gasteiger partial charge >= 0.3 is 5.97 Å². The van der Waals surface area contributed by atoms with E-state index in [1.807, 2.05) is 0 Å². The number of anilines is 2. The number of benzene rings is 1. The number of carbonyl (C=O) groups is 2. The molecule has 104 valence electrons. The lowest BCUT2D eigenvalue weighted by molar-refractivity contribution is -0.129. The van der Waals surface area contributed by atoms with Crippen molar-refractivity contribution in [2.75, 3.05) is 32.3 Å². The Morgan fingerprint density at radius 3 is 2.53 bits per heavy atom. The zero-order chi connectivity index (χ0) is 14.6. The monoisotopic (exact) mass is 265 g/mol. The van der Waals surface area contributed by atoms with E-state index >= 15 is 0 Å². The Labute approximate surface area is 112 Å². The van der Waals surface area contributed by atoms with Crippen LogP contribution >= 0.6 is 0 Å². The van der Waals surface area contributed by atoms with Gasteiger partial charge in [-0.2, -0.15) is 0 Å². The number of nitrogens with two attached hydrogens (primary N) is 1. The molecule has 0 aromatic heterocycles. The molecule has 3 N–H and O–H groups in total. The molecule has 0 aliphatic rings. The van der Waals surface area contributed by atoms with E-state index in [9.17, 15) is 9.59 Å². The van der Waals surface area contributed by atoms with Crippen molar-refractivity contribution in [1.82, 2.24) is 4.90 Å². The molecule has 1 aromatic rings. The quantitative estimate of drug-likeness (QED) is 0.625. The third-order valence-corrected chi connectivity index (χ3v) is 2.63. The van der Waals surface area contributed by atoms with Crippen molar-refractivity contribution in [3.05, 3.63) is 23.8 Å². The van der Waals surface area contributed by atoms with Crippen LogP contribution in [0, 0.1) is 0 Å². The Morgan fingerprint density at radius 1 is 1.37 bits per heavy atom. The molecule has 0 spiro atoms. The van der Waals surface area contributed by atoms with Gasteiger partial charge in [0.1, 0.15) is 6.04 Å². The lowest BCUT2D eigenvalue weighted by Crippen LogP contribution is -2.37. The summed E-state index contributed by atoms with van der Waals surface area (Å²) in [5, 5.41) is 2.99. The number of esters is 1. The molecular weight excluding hydrogens is 246 g/mol. The van der Waals surface area contributed by atoms with Crippen molar-refractivity contribution in [3.8, 4) is 0 Å². The van der Waals surface area contributed by atoms with Crippen LogP contribution in [-0.4, -0.2) is 44.0 Å². The van der Waals surface area contributed by atoms with Gasteiger partial charge in [0.2, 0.25) is 5.91 Å². The third-order valence-electron chi connectivity index (χ3n) is 2.63. The normalized spacial score (nSPS) is 11.6. The SMILES string of the molecule is COC(=O)c1cc(N)ccc1NC(C)C(=O)N(C)C. The van der Waals surface area contributed by atoms with Crippen LogP contribution in [-0.2, 0) is 9.53 Å². The molecule has 0 heterocycles. The zero-order valence-corrected chi connectivity index (χ0v) is 11.6. The Bertz CT molecular complexity index is 486. The van der Waals surface area contributed by atoms with E-state index in [2.05, 4.69) is 5.32 Å². The molecule has 6 heteroatoms. The van der Waals surface area contributed by atoms with Gasteiger partial charge in [0.05, 0.1) is 12.7 Å². The van der Waals surface area contributed by atoms with Crippen LogP contribution < -0.4 is 11.1 Å². The first-order valence-corrected chi connectivity index (χ1v) is 5.82. The van der Waals surface area contributed by atoms with Crippen molar-refractivity contribution >= 4 is 23.3 Å². The number of rotatable bonds is 4. The highest BCUT2D eigenvalue weighted by Crippen LogP contribution is 2.20. The summed E-state index contributed by atoms with van der Waals surface area (Å²) < 4.78 is 4.69. The van der Waals surface area contributed by atoms with E-state index < -0.39 is 12.0 Å². The molecule has 19 heavy (non-hydrogen) atoms. The highest BCUT2D eigenvalue weighted by atomic mass is 16.5. The highest BCUT2D eigenvalue weighted by molar-refractivity contribution is 5.97. The number of hydrogen-bond donors (Lipinski definition) is 2. The van der Waals surface area contributed by atoms with Crippen LogP contribution in [0.25, 0.3) is 0 Å². The maximum absolute atomic E-state index is 11.8. The van der Waals surface area contributed by atoms with Crippen LogP contribution in [0.3, 0.4) is 0 Å². The summed E-state index contributed by atoms with van der Waals surface area (Å²) in [6, 6.07) is 4.37. The Hall–Kier alpha value is -2.24. The molecule has 1 unspecified atom stereocenters. The van der Waals surface area contributed by atoms with E-state index in [1.165, 1.54) is 18.1 Å². The summed E-state index contributed by atoms with van der Waals surface area (Å²) in [5.41, 5.74) is 6.93. The van der Waals surface area contributed by atoms with Gasteiger partial charge in [-0.1, -0.05) is 0 Å². The summed E-state index contributed by atoms with van der Waals surface area (Å²) in [6.45, 7) is 1.72. The fourth-order valence-corrected chi connectivity index (χ4v) is 1.65. The minimum atomic E-state index is -0.501. The van der Waals surface area contributed by atoms with Crippen molar-refractivity contribution in [2.24, 2.45) is 0 Å². The Kier molecular flexibility index (Phi) is 4.74. The maximum Gasteiger partial charge on any atom is 0.340 e. The largest absolute Gasteiger partial charge is 0.465 e. The molecule has 0 saturated carbocycles. The first-order valence-electron chi connectivity index (χ1n) is 5.82. The van der Waals surface area contributed by atoms with Gasteiger partial charge in [-0.3, -0.25) is 4.79 Å². The summed E-state index contributed by atoms with van der Waals surface area (Å²) in [4.78, 5) is 24.9. The van der Waals surface area contributed by atoms with Gasteiger partial charge in [0, 0.05) is 25.5 Å². The summed E-state index contributed by atoms with van der Waals surface area (Å²) in [6.07, 6.45) is 0. The van der Waals surface area contributed by atoms with Gasteiger partial charge in [-0.25, -0.2) is 4.79 Å². The molecule has 0 fully saturated rings. The first-order chi connectivity index (χ1) is 8.86. The number of nitrogen functional groups attached to an aromatic ring is 1. The lowest BCUT2D eigenvalue weighted by atomic mass is 10.1. The van der Waals surface area contributed by atoms with E-state index in [0.717, 1.165) is 0 Å². The molecule has 0 bridgehead atoms. The number of ether oxygens (including phenoxy) is 1. The van der Waals surface area contributed by atoms with Crippen LogP contribution in [0.5, 0.6) is 0 Å². The average molecular weight is 265 g/mol. The highest BCUT2D eigenvalue weighted by Gasteiger charge is 2.18. The second kappa shape index (κ2) is 6.08. The van der Waals surface area contributed by atoms with Crippen LogP contribution in [0.15, 0.2) is 18.2 Å². The molecule has 0 aliphatic carbocycles. The van der Waals surface area contributed by atoms with Gasteiger partial charge < -0.3 is 20.7 Å². The molecular formula is C13H19N3O3. The van der Waals surface area contributed by atoms with Gasteiger partial charge in [0.15, 0.2) is 0 Å². The fourth-order valence-electron chi connectivity index (χ4n) is 1.65. The van der Waals surface area contributed by atoms with E-state index in [0.29, 0.717) is 16.9 Å². The third kappa shape index (κ3) is 3.61. The topological polar surface area (TPSA) is 84.7 Å². The predicted octanol–water partition coefficient (Wildman–Crippen LogP) is 0.944. The van der Waals surface area contributed by atoms with Gasteiger partial charge in [0.25, 0.3) is 0 Å². The fraction of sp³-hybridized carbons (Fsp3) is 0.385. The van der Waals surface area contributed by atoms with Crippen LogP contribution in [0.1, 0.15) is 17.3 Å². The predicted molar refractivity (Wildman–Crippen MR) is 74.0 cm³/mol. The minimum absolute atomic E-state index is 0.0901. The number of methoxy groups -OCH3 is 1. The second-order valence-electron chi connectivity index (χ2n) is 4.40. The van der Waals surface area contributed by atoms with Crippen molar-refractivity contribution < 1.29 is 14.3 Å². The molecule has 0 radical (unpaired) electrons. The van der Waals surface area contributed by atoms with E-state index in [1.54, 1.807) is 33.2 Å². The van der Waals surface area contributed by atoms with Crippen LogP contribution in [0.4, 0.5) is 11.4 Å². The van der Waals surface area contributed by atoms with E-state index in [-0.39, 0.29) is 5.91 Å². The molecule has 6 nitrogen and oxygen atoms in total. The first kappa shape index (κ1) is 14.8. The molecule has 1 amide bonds. The maximum atomic E-state index is 11.8. The number of amides is 1. The number of hydrogen-bond acceptors (Lipinski definition) is 5. The Balaban J connectivity index is 3.01. The van der Waals surface area contributed by atoms with Crippen molar-refractivity contribution in [2.45, 2.75) is 13.0 Å². The van der Waals surface area contributed by atoms with E-state index in [4.69, 9.17) is 10.5 Å². The van der Waals surface area contributed by atoms with Crippen molar-refractivity contribution in [1.29, 1.82) is 0 Å². The summed E-state index contributed by atoms with van der Waals surface area (Å²) in [5.74, 6) is -0.591. The summed E-state index contributed by atoms with van der Waals surface area (Å²) >= 11 is 0. The zero-order valence-electron chi connectivity index (χ0n) is 11.6. The van der Waals surface area contributed by atoms with Crippen LogP contribution in [0.2, 0.25) is 0 Å². The molecule has 0 aliphatic heterocycles. The number of nitrogens with zero attached hydrogens (tertiary/aromatic N) is 1. The summed E-state index contributed by atoms with van der Waals surface area (Å²) in [7, 11) is 4.64. The molecule has 1 aromatic carbocycles. The standard InChI is InChI=1S/C13H19N3O3/c1-8(12(17)16(2)3)15-11-6-5-9(14)7-10(11)13(18)19-4/h5-8,15H,14H2,1-4H3. The number of nitrogens with one attached hydrogen (secondary N) is 1. The Morgan fingerprint density at radius 2 is 2.00 bits per heavy atom. The molecule has 0 saturated heterocycles. The lowest BCUT2D eigenvalue weighted by Gasteiger charge is -2.20. The smallest absolute Gasteiger partial charge is 0.340 e. The average Bonchev–Trinajstić information content (AvgIpc) is 2.38. The number of likely N-dealkylation sites (N-methyl/N-ethyl adjacent to an activating group) is 1. The second-order valence-corrected chi connectivity index (χ2v) is 4.40. The minimum Gasteiger partial charge on any atom is -0.465 e. The van der Waals surface area contributed by atoms with Crippen molar-refractivity contribution in [3.63, 3.8) is 0 Å². The van der Waals surface area contributed by atoms with Gasteiger partial charge in [-0.05, 0) is 25.1 Å². The molecule has 1 atom stereocenters. The number of carbonyl (C=O) groups excluding carboxylic acids is 2. The molecule has 1 rings (SSSR count). The van der Waals surface area contributed by atoms with Gasteiger partial charge in [-0.15, -0.1) is 0 Å².